The summed E-state index contributed by atoms with van der Waals surface area (Å²) in [6.07, 6.45) is 1.05. The highest BCUT2D eigenvalue weighted by atomic mass is 35.5. The summed E-state index contributed by atoms with van der Waals surface area (Å²) in [6, 6.07) is 8.30. The quantitative estimate of drug-likeness (QED) is 0.847. The summed E-state index contributed by atoms with van der Waals surface area (Å²) in [7, 11) is 1.61. The van der Waals surface area contributed by atoms with Crippen LogP contribution in [0.2, 0.25) is 5.02 Å². The summed E-state index contributed by atoms with van der Waals surface area (Å²) < 4.78 is 5.14. The molecule has 0 bridgehead atoms. The number of anilines is 1. The molecule has 1 heterocycles. The summed E-state index contributed by atoms with van der Waals surface area (Å²) in [5, 5.41) is 12.4. The molecule has 1 saturated heterocycles. The number of nitrogens with zero attached hydrogens (tertiary/aromatic N) is 2. The van der Waals surface area contributed by atoms with E-state index in [-0.39, 0.29) is 0 Å². The second-order valence-corrected chi connectivity index (χ2v) is 4.70. The first-order chi connectivity index (χ1) is 8.74. The van der Waals surface area contributed by atoms with Crippen molar-refractivity contribution in [3.8, 4) is 11.8 Å². The van der Waals surface area contributed by atoms with E-state index < -0.39 is 0 Å². The maximum Gasteiger partial charge on any atom is 0.137 e. The Labute approximate surface area is 112 Å². The normalized spacial score (nSPS) is 18.7. The number of halogens is 1. The Morgan fingerprint density at radius 1 is 1.61 bits per heavy atom. The maximum atomic E-state index is 8.55. The molecular formula is C13H16ClN3O. The van der Waals surface area contributed by atoms with Crippen molar-refractivity contribution in [2.75, 3.05) is 31.6 Å². The Kier molecular flexibility index (Phi) is 4.29. The minimum Gasteiger partial charge on any atom is -0.495 e. The highest BCUT2D eigenvalue weighted by Crippen LogP contribution is 2.30. The van der Waals surface area contributed by atoms with Crippen LogP contribution in [-0.4, -0.2) is 32.8 Å². The summed E-state index contributed by atoms with van der Waals surface area (Å²) in [6.45, 7) is 2.29. The smallest absolute Gasteiger partial charge is 0.137 e. The largest absolute Gasteiger partial charge is 0.495 e. The maximum absolute atomic E-state index is 8.55. The van der Waals surface area contributed by atoms with Gasteiger partial charge in [-0.15, -0.1) is 0 Å². The Hall–Kier alpha value is -1.44. The molecule has 1 aliphatic heterocycles. The summed E-state index contributed by atoms with van der Waals surface area (Å²) in [4.78, 5) is 2.26. The van der Waals surface area contributed by atoms with Crippen molar-refractivity contribution in [3.05, 3.63) is 23.2 Å². The highest BCUT2D eigenvalue weighted by Gasteiger charge is 2.22. The molecule has 1 unspecified atom stereocenters. The van der Waals surface area contributed by atoms with E-state index in [1.807, 2.05) is 18.2 Å². The summed E-state index contributed by atoms with van der Waals surface area (Å²) >= 11 is 6.12. The molecule has 1 aliphatic rings. The average Bonchev–Trinajstić information content (AvgIpc) is 2.85. The van der Waals surface area contributed by atoms with Crippen molar-refractivity contribution >= 4 is 17.3 Å². The van der Waals surface area contributed by atoms with E-state index in [9.17, 15) is 0 Å². The average molecular weight is 266 g/mol. The second-order valence-electron chi connectivity index (χ2n) is 4.29. The lowest BCUT2D eigenvalue weighted by Gasteiger charge is -2.19. The molecule has 0 radical (unpaired) electrons. The molecule has 2 rings (SSSR count). The molecular weight excluding hydrogens is 250 g/mol. The summed E-state index contributed by atoms with van der Waals surface area (Å²) in [5.41, 5.74) is 1.10. The lowest BCUT2D eigenvalue weighted by molar-refractivity contribution is 0.415. The van der Waals surface area contributed by atoms with E-state index in [2.05, 4.69) is 16.3 Å². The molecule has 0 spiro atoms. The zero-order chi connectivity index (χ0) is 13.0. The molecule has 18 heavy (non-hydrogen) atoms. The van der Waals surface area contributed by atoms with Crippen LogP contribution in [0.5, 0.6) is 5.75 Å². The Balaban J connectivity index is 2.01. The fourth-order valence-corrected chi connectivity index (χ4v) is 2.46. The zero-order valence-electron chi connectivity index (χ0n) is 10.3. The van der Waals surface area contributed by atoms with Gasteiger partial charge in [-0.2, -0.15) is 5.26 Å². The molecule has 0 aliphatic carbocycles. The molecule has 1 N–H and O–H groups in total. The third-order valence-corrected chi connectivity index (χ3v) is 3.45. The fourth-order valence-electron chi connectivity index (χ4n) is 2.20. The van der Waals surface area contributed by atoms with Crippen LogP contribution < -0.4 is 15.0 Å². The van der Waals surface area contributed by atoms with Gasteiger partial charge in [-0.3, -0.25) is 5.32 Å². The molecule has 1 aromatic carbocycles. The predicted octanol–water partition coefficient (Wildman–Crippen LogP) is 2.04. The van der Waals surface area contributed by atoms with E-state index >= 15 is 0 Å². The van der Waals surface area contributed by atoms with Crippen molar-refractivity contribution in [1.82, 2.24) is 5.32 Å². The van der Waals surface area contributed by atoms with E-state index in [4.69, 9.17) is 21.6 Å². The minimum absolute atomic E-state index is 0.380. The SMILES string of the molecule is COc1ccc(N2CCC(NCC#N)C2)cc1Cl. The van der Waals surface area contributed by atoms with Crippen LogP contribution in [0, 0.1) is 11.3 Å². The summed E-state index contributed by atoms with van der Waals surface area (Å²) in [5.74, 6) is 0.693. The molecule has 0 amide bonds. The molecule has 96 valence electrons. The van der Waals surface area contributed by atoms with Crippen LogP contribution in [0.1, 0.15) is 6.42 Å². The molecule has 0 aromatic heterocycles. The topological polar surface area (TPSA) is 48.3 Å². The van der Waals surface area contributed by atoms with Crippen LogP contribution >= 0.6 is 11.6 Å². The van der Waals surface area contributed by atoms with Gasteiger partial charge < -0.3 is 9.64 Å². The van der Waals surface area contributed by atoms with Crippen LogP contribution in [0.25, 0.3) is 0 Å². The molecule has 5 heteroatoms. The van der Waals surface area contributed by atoms with Crippen LogP contribution in [0.15, 0.2) is 18.2 Å². The van der Waals surface area contributed by atoms with E-state index in [0.717, 1.165) is 25.2 Å². The van der Waals surface area contributed by atoms with Crippen molar-refractivity contribution < 1.29 is 4.74 Å². The predicted molar refractivity (Wildman–Crippen MR) is 72.2 cm³/mol. The van der Waals surface area contributed by atoms with E-state index in [1.54, 1.807) is 7.11 Å². The van der Waals surface area contributed by atoms with Gasteiger partial charge in [0.05, 0.1) is 24.7 Å². The van der Waals surface area contributed by atoms with E-state index in [1.165, 1.54) is 0 Å². The number of benzene rings is 1. The van der Waals surface area contributed by atoms with Crippen LogP contribution in [-0.2, 0) is 0 Å². The Morgan fingerprint density at radius 2 is 2.44 bits per heavy atom. The van der Waals surface area contributed by atoms with Gasteiger partial charge >= 0.3 is 0 Å². The lowest BCUT2D eigenvalue weighted by Crippen LogP contribution is -2.32. The Bertz CT molecular complexity index is 458. The van der Waals surface area contributed by atoms with Gasteiger partial charge in [0, 0.05) is 24.8 Å². The van der Waals surface area contributed by atoms with E-state index in [0.29, 0.717) is 23.4 Å². The highest BCUT2D eigenvalue weighted by molar-refractivity contribution is 6.32. The third-order valence-electron chi connectivity index (χ3n) is 3.16. The number of ether oxygens (including phenoxy) is 1. The lowest BCUT2D eigenvalue weighted by atomic mass is 10.2. The van der Waals surface area contributed by atoms with Gasteiger partial charge in [-0.05, 0) is 24.6 Å². The van der Waals surface area contributed by atoms with Gasteiger partial charge in [0.15, 0.2) is 0 Å². The molecule has 0 saturated carbocycles. The van der Waals surface area contributed by atoms with Crippen LogP contribution in [0.3, 0.4) is 0 Å². The number of nitrogens with one attached hydrogen (secondary N) is 1. The minimum atomic E-state index is 0.380. The number of hydrogen-bond acceptors (Lipinski definition) is 4. The first-order valence-electron chi connectivity index (χ1n) is 5.93. The monoisotopic (exact) mass is 265 g/mol. The first kappa shape index (κ1) is 13.0. The Morgan fingerprint density at radius 3 is 3.11 bits per heavy atom. The molecule has 1 aromatic rings. The number of hydrogen-bond donors (Lipinski definition) is 1. The van der Waals surface area contributed by atoms with Gasteiger partial charge in [0.2, 0.25) is 0 Å². The van der Waals surface area contributed by atoms with Gasteiger partial charge in [-0.25, -0.2) is 0 Å². The van der Waals surface area contributed by atoms with Crippen molar-refractivity contribution in [2.24, 2.45) is 0 Å². The third kappa shape index (κ3) is 2.87. The molecule has 4 nitrogen and oxygen atoms in total. The standard InChI is InChI=1S/C13H16ClN3O/c1-18-13-3-2-11(8-12(13)14)17-7-4-10(9-17)16-6-5-15/h2-3,8,10,16H,4,6-7,9H2,1H3. The number of methoxy groups -OCH3 is 1. The zero-order valence-corrected chi connectivity index (χ0v) is 11.1. The van der Waals surface area contributed by atoms with Crippen LogP contribution in [0.4, 0.5) is 5.69 Å². The van der Waals surface area contributed by atoms with Crippen molar-refractivity contribution in [2.45, 2.75) is 12.5 Å². The van der Waals surface area contributed by atoms with Gasteiger partial charge in [-0.1, -0.05) is 11.6 Å². The molecule has 1 atom stereocenters. The van der Waals surface area contributed by atoms with Gasteiger partial charge in [0.1, 0.15) is 5.75 Å². The fraction of sp³-hybridized carbons (Fsp3) is 0.462. The van der Waals surface area contributed by atoms with Crippen molar-refractivity contribution in [3.63, 3.8) is 0 Å². The molecule has 1 fully saturated rings. The first-order valence-corrected chi connectivity index (χ1v) is 6.31. The second kappa shape index (κ2) is 5.94. The number of rotatable bonds is 4. The van der Waals surface area contributed by atoms with Crippen molar-refractivity contribution in [1.29, 1.82) is 5.26 Å². The number of nitriles is 1. The van der Waals surface area contributed by atoms with Gasteiger partial charge in [0.25, 0.3) is 0 Å².